The molecule has 2 rings (SSSR count). The number of rotatable bonds is 3. The molecule has 3 heteroatoms. The van der Waals surface area contributed by atoms with Crippen molar-refractivity contribution < 1.29 is 4.74 Å². The molecule has 1 N–H and O–H groups in total. The van der Waals surface area contributed by atoms with Gasteiger partial charge in [-0.25, -0.2) is 0 Å². The van der Waals surface area contributed by atoms with Crippen LogP contribution in [0.2, 0.25) is 0 Å². The molecule has 1 aromatic rings. The minimum atomic E-state index is 0.300. The van der Waals surface area contributed by atoms with Gasteiger partial charge < -0.3 is 10.1 Å². The summed E-state index contributed by atoms with van der Waals surface area (Å²) in [6, 6.07) is 3.83. The molecular weight excluding hydrogens is 188 g/mol. The fourth-order valence-electron chi connectivity index (χ4n) is 2.04. The van der Waals surface area contributed by atoms with Crippen molar-refractivity contribution in [3.8, 4) is 5.75 Å². The summed E-state index contributed by atoms with van der Waals surface area (Å²) < 4.78 is 5.89. The van der Waals surface area contributed by atoms with Crippen molar-refractivity contribution in [1.29, 1.82) is 0 Å². The normalized spacial score (nSPS) is 19.8. The van der Waals surface area contributed by atoms with Gasteiger partial charge >= 0.3 is 0 Å². The Morgan fingerprint density at radius 1 is 1.33 bits per heavy atom. The Kier molecular flexibility index (Phi) is 3.56. The van der Waals surface area contributed by atoms with E-state index in [1.165, 1.54) is 12.8 Å². The summed E-state index contributed by atoms with van der Waals surface area (Å²) in [5, 5.41) is 3.37. The van der Waals surface area contributed by atoms with E-state index in [0.717, 1.165) is 18.8 Å². The highest BCUT2D eigenvalue weighted by Crippen LogP contribution is 2.21. The molecule has 82 valence electrons. The van der Waals surface area contributed by atoms with Crippen LogP contribution >= 0.6 is 0 Å². The predicted molar refractivity (Wildman–Crippen MR) is 59.9 cm³/mol. The van der Waals surface area contributed by atoms with Crippen LogP contribution in [-0.2, 0) is 0 Å². The summed E-state index contributed by atoms with van der Waals surface area (Å²) in [6.07, 6.45) is 6.27. The third-order valence-electron chi connectivity index (χ3n) is 3.02. The van der Waals surface area contributed by atoms with Crippen LogP contribution in [0.4, 0.5) is 0 Å². The van der Waals surface area contributed by atoms with Gasteiger partial charge in [0.15, 0.2) is 0 Å². The molecule has 0 saturated carbocycles. The monoisotopic (exact) mass is 206 g/mol. The van der Waals surface area contributed by atoms with Gasteiger partial charge in [0.2, 0.25) is 0 Å². The number of nitrogens with zero attached hydrogens (tertiary/aromatic N) is 1. The Labute approximate surface area is 90.9 Å². The molecule has 1 unspecified atom stereocenters. The maximum atomic E-state index is 5.89. The van der Waals surface area contributed by atoms with E-state index in [1.54, 1.807) is 12.4 Å². The molecule has 1 saturated heterocycles. The molecule has 0 aromatic carbocycles. The Hall–Kier alpha value is -1.09. The van der Waals surface area contributed by atoms with E-state index < -0.39 is 0 Å². The van der Waals surface area contributed by atoms with Crippen LogP contribution in [0.25, 0.3) is 0 Å². The van der Waals surface area contributed by atoms with Gasteiger partial charge in [-0.3, -0.25) is 4.98 Å². The standard InChI is InChI=1S/C12H18N2O/c1-10(11-2-6-13-7-3-11)15-12-4-8-14-9-5-12/h4-5,8-11,13H,2-3,6-7H2,1H3. The van der Waals surface area contributed by atoms with Gasteiger partial charge in [0.25, 0.3) is 0 Å². The summed E-state index contributed by atoms with van der Waals surface area (Å²) >= 11 is 0. The van der Waals surface area contributed by atoms with Gasteiger partial charge in [0, 0.05) is 12.4 Å². The summed E-state index contributed by atoms with van der Waals surface area (Å²) in [4.78, 5) is 3.98. The lowest BCUT2D eigenvalue weighted by atomic mass is 9.93. The van der Waals surface area contributed by atoms with Crippen molar-refractivity contribution in [3.05, 3.63) is 24.5 Å². The van der Waals surface area contributed by atoms with Gasteiger partial charge in [-0.2, -0.15) is 0 Å². The average Bonchev–Trinajstić information content (AvgIpc) is 2.31. The molecule has 2 heterocycles. The van der Waals surface area contributed by atoms with Gasteiger partial charge in [0.1, 0.15) is 5.75 Å². The zero-order chi connectivity index (χ0) is 10.5. The molecule has 3 nitrogen and oxygen atoms in total. The summed E-state index contributed by atoms with van der Waals surface area (Å²) in [7, 11) is 0. The number of aromatic nitrogens is 1. The quantitative estimate of drug-likeness (QED) is 0.819. The first-order valence-corrected chi connectivity index (χ1v) is 5.63. The second kappa shape index (κ2) is 5.12. The van der Waals surface area contributed by atoms with Crippen LogP contribution in [0, 0.1) is 5.92 Å². The Balaban J connectivity index is 1.88. The highest BCUT2D eigenvalue weighted by Gasteiger charge is 2.20. The van der Waals surface area contributed by atoms with Crippen LogP contribution < -0.4 is 10.1 Å². The van der Waals surface area contributed by atoms with Crippen LogP contribution in [0.3, 0.4) is 0 Å². The molecule has 0 amide bonds. The van der Waals surface area contributed by atoms with Gasteiger partial charge in [-0.05, 0) is 50.9 Å². The number of hydrogen-bond acceptors (Lipinski definition) is 3. The van der Waals surface area contributed by atoms with Gasteiger partial charge in [-0.15, -0.1) is 0 Å². The van der Waals surface area contributed by atoms with Crippen molar-refractivity contribution in [3.63, 3.8) is 0 Å². The predicted octanol–water partition coefficient (Wildman–Crippen LogP) is 1.85. The molecule has 1 aliphatic rings. The fraction of sp³-hybridized carbons (Fsp3) is 0.583. The van der Waals surface area contributed by atoms with E-state index in [4.69, 9.17) is 4.74 Å². The SMILES string of the molecule is CC(Oc1ccncc1)C1CCNCC1. The van der Waals surface area contributed by atoms with E-state index in [9.17, 15) is 0 Å². The second-order valence-electron chi connectivity index (χ2n) is 4.09. The van der Waals surface area contributed by atoms with Gasteiger partial charge in [-0.1, -0.05) is 0 Å². The van der Waals surface area contributed by atoms with Crippen LogP contribution in [0.5, 0.6) is 5.75 Å². The fourth-order valence-corrected chi connectivity index (χ4v) is 2.04. The minimum absolute atomic E-state index is 0.300. The zero-order valence-corrected chi connectivity index (χ0v) is 9.15. The maximum Gasteiger partial charge on any atom is 0.122 e. The Morgan fingerprint density at radius 2 is 2.00 bits per heavy atom. The lowest BCUT2D eigenvalue weighted by Gasteiger charge is -2.28. The average molecular weight is 206 g/mol. The third-order valence-corrected chi connectivity index (χ3v) is 3.02. The van der Waals surface area contributed by atoms with E-state index in [-0.39, 0.29) is 0 Å². The Bertz CT molecular complexity index is 283. The molecule has 15 heavy (non-hydrogen) atoms. The Morgan fingerprint density at radius 3 is 2.67 bits per heavy atom. The third kappa shape index (κ3) is 2.93. The summed E-state index contributed by atoms with van der Waals surface area (Å²) in [6.45, 7) is 4.40. The molecule has 1 atom stereocenters. The molecule has 0 aliphatic carbocycles. The summed E-state index contributed by atoms with van der Waals surface area (Å²) in [5.41, 5.74) is 0. The highest BCUT2D eigenvalue weighted by atomic mass is 16.5. The number of pyridine rings is 1. The zero-order valence-electron chi connectivity index (χ0n) is 9.15. The molecule has 0 radical (unpaired) electrons. The van der Waals surface area contributed by atoms with E-state index in [1.807, 2.05) is 12.1 Å². The molecule has 1 aliphatic heterocycles. The number of hydrogen-bond donors (Lipinski definition) is 1. The van der Waals surface area contributed by atoms with Gasteiger partial charge in [0.05, 0.1) is 6.10 Å². The molecular formula is C12H18N2O. The number of nitrogens with one attached hydrogen (secondary N) is 1. The first-order valence-electron chi connectivity index (χ1n) is 5.63. The van der Waals surface area contributed by atoms with Crippen molar-refractivity contribution >= 4 is 0 Å². The number of piperidine rings is 1. The van der Waals surface area contributed by atoms with Crippen LogP contribution in [0.15, 0.2) is 24.5 Å². The van der Waals surface area contributed by atoms with Crippen LogP contribution in [0.1, 0.15) is 19.8 Å². The largest absolute Gasteiger partial charge is 0.490 e. The van der Waals surface area contributed by atoms with Crippen molar-refractivity contribution in [2.45, 2.75) is 25.9 Å². The minimum Gasteiger partial charge on any atom is -0.490 e. The lowest BCUT2D eigenvalue weighted by Crippen LogP contribution is -2.35. The maximum absolute atomic E-state index is 5.89. The molecule has 0 spiro atoms. The first-order chi connectivity index (χ1) is 7.36. The topological polar surface area (TPSA) is 34.1 Å². The van der Waals surface area contributed by atoms with E-state index >= 15 is 0 Å². The van der Waals surface area contributed by atoms with Crippen molar-refractivity contribution in [2.75, 3.05) is 13.1 Å². The first kappa shape index (κ1) is 10.4. The van der Waals surface area contributed by atoms with Crippen molar-refractivity contribution in [1.82, 2.24) is 10.3 Å². The smallest absolute Gasteiger partial charge is 0.122 e. The molecule has 0 bridgehead atoms. The lowest BCUT2D eigenvalue weighted by molar-refractivity contribution is 0.128. The highest BCUT2D eigenvalue weighted by molar-refractivity contribution is 5.17. The van der Waals surface area contributed by atoms with E-state index in [0.29, 0.717) is 12.0 Å². The second-order valence-corrected chi connectivity index (χ2v) is 4.09. The summed E-state index contributed by atoms with van der Waals surface area (Å²) in [5.74, 6) is 1.61. The van der Waals surface area contributed by atoms with E-state index in [2.05, 4.69) is 17.2 Å². The van der Waals surface area contributed by atoms with Crippen LogP contribution in [-0.4, -0.2) is 24.2 Å². The molecule has 1 aromatic heterocycles. The van der Waals surface area contributed by atoms with Crippen molar-refractivity contribution in [2.24, 2.45) is 5.92 Å². The molecule has 1 fully saturated rings. The number of ether oxygens (including phenoxy) is 1.